The molecular weight excluding hydrogens is 587 g/mol. The lowest BCUT2D eigenvalue weighted by atomic mass is 10.2. The molecule has 0 aliphatic rings. The summed E-state index contributed by atoms with van der Waals surface area (Å²) in [7, 11) is 0. The monoisotopic (exact) mass is 616 g/mol. The molecule has 0 unspecified atom stereocenters. The van der Waals surface area contributed by atoms with E-state index in [1.54, 1.807) is 0 Å². The third kappa shape index (κ3) is 7.72. The summed E-state index contributed by atoms with van der Waals surface area (Å²) in [5, 5.41) is 14.0. The smallest absolute Gasteiger partial charge is 0.240 e. The van der Waals surface area contributed by atoms with Crippen molar-refractivity contribution in [3.05, 3.63) is 78.9 Å². The van der Waals surface area contributed by atoms with Gasteiger partial charge in [-0.15, -0.1) is 32.9 Å². The number of amides is 2. The standard InChI is InChI=1S/C28H30Cl2N6O2S2/c1-3-35-23(19-9-13-21(29)14-10-19)17-39-27(35)33-31-25(37)7-5-6-8-26(38)32-34-28-36(4-2)24(18-40-28)20-11-15-22(30)16-12-20/h9-18H,3-8H2,1-2H3,(H,31,37)(H,32,38)/b33-27-,34-28-. The van der Waals surface area contributed by atoms with Crippen molar-refractivity contribution < 1.29 is 9.59 Å². The van der Waals surface area contributed by atoms with Crippen LogP contribution in [0.4, 0.5) is 0 Å². The highest BCUT2D eigenvalue weighted by atomic mass is 35.5. The molecule has 2 aromatic carbocycles. The molecule has 2 heterocycles. The number of unbranched alkanes of at least 4 members (excludes halogenated alkanes) is 1. The van der Waals surface area contributed by atoms with E-state index in [2.05, 4.69) is 21.1 Å². The van der Waals surface area contributed by atoms with E-state index in [0.29, 0.717) is 45.6 Å². The summed E-state index contributed by atoms with van der Waals surface area (Å²) in [5.74, 6) is -0.377. The van der Waals surface area contributed by atoms with Crippen molar-refractivity contribution in [1.29, 1.82) is 0 Å². The van der Waals surface area contributed by atoms with Gasteiger partial charge in [0.05, 0.1) is 11.4 Å². The van der Waals surface area contributed by atoms with Crippen molar-refractivity contribution in [2.75, 3.05) is 0 Å². The first-order valence-corrected chi connectivity index (χ1v) is 15.4. The maximum Gasteiger partial charge on any atom is 0.240 e. The molecule has 0 atom stereocenters. The van der Waals surface area contributed by atoms with E-state index in [9.17, 15) is 9.59 Å². The van der Waals surface area contributed by atoms with Crippen molar-refractivity contribution >= 4 is 57.7 Å². The normalized spacial score (nSPS) is 12.1. The van der Waals surface area contributed by atoms with Gasteiger partial charge in [0.25, 0.3) is 0 Å². The second kappa shape index (κ2) is 14.5. The van der Waals surface area contributed by atoms with Crippen molar-refractivity contribution in [3.63, 3.8) is 0 Å². The van der Waals surface area contributed by atoms with E-state index in [4.69, 9.17) is 23.2 Å². The van der Waals surface area contributed by atoms with Gasteiger partial charge in [0.2, 0.25) is 21.4 Å². The fraction of sp³-hybridized carbons (Fsp3) is 0.286. The number of hydrogen-bond acceptors (Lipinski definition) is 6. The van der Waals surface area contributed by atoms with E-state index in [0.717, 1.165) is 22.5 Å². The van der Waals surface area contributed by atoms with Gasteiger partial charge < -0.3 is 9.13 Å². The molecule has 0 radical (unpaired) electrons. The minimum atomic E-state index is -0.188. The third-order valence-electron chi connectivity index (χ3n) is 6.12. The van der Waals surface area contributed by atoms with Crippen LogP contribution in [-0.2, 0) is 22.7 Å². The number of hydrogen-bond donors (Lipinski definition) is 2. The van der Waals surface area contributed by atoms with Crippen LogP contribution in [0.1, 0.15) is 39.5 Å². The van der Waals surface area contributed by atoms with Gasteiger partial charge in [0.1, 0.15) is 0 Å². The average Bonchev–Trinajstić information content (AvgIpc) is 3.57. The van der Waals surface area contributed by atoms with Crippen LogP contribution in [0.3, 0.4) is 0 Å². The predicted molar refractivity (Wildman–Crippen MR) is 163 cm³/mol. The fourth-order valence-corrected chi connectivity index (χ4v) is 6.17. The number of carbonyl (C=O) groups is 2. The number of nitrogens with one attached hydrogen (secondary N) is 2. The van der Waals surface area contributed by atoms with Gasteiger partial charge in [-0.3, -0.25) is 9.59 Å². The molecule has 8 nitrogen and oxygen atoms in total. The SMILES string of the molecule is CCn1c(-c2ccc(Cl)cc2)cs/c1=N\NC(=O)CCCCC(=O)N/N=c1\scc(-c2ccc(Cl)cc2)n1CC. The van der Waals surface area contributed by atoms with Gasteiger partial charge in [0.15, 0.2) is 0 Å². The zero-order chi connectivity index (χ0) is 28.5. The zero-order valence-corrected chi connectivity index (χ0v) is 25.3. The maximum atomic E-state index is 12.3. The van der Waals surface area contributed by atoms with Gasteiger partial charge in [0, 0.05) is 46.7 Å². The molecule has 4 aromatic rings. The van der Waals surface area contributed by atoms with Crippen LogP contribution in [0.25, 0.3) is 22.5 Å². The van der Waals surface area contributed by atoms with Crippen molar-refractivity contribution in [3.8, 4) is 22.5 Å². The van der Waals surface area contributed by atoms with Gasteiger partial charge in [-0.05, 0) is 62.1 Å². The molecule has 0 spiro atoms. The molecular formula is C28H30Cl2N6O2S2. The minimum absolute atomic E-state index is 0.188. The molecule has 0 aliphatic heterocycles. The van der Waals surface area contributed by atoms with E-state index < -0.39 is 0 Å². The lowest BCUT2D eigenvalue weighted by molar-refractivity contribution is -0.123. The van der Waals surface area contributed by atoms with Crippen LogP contribution in [0.15, 0.2) is 69.5 Å². The van der Waals surface area contributed by atoms with Gasteiger partial charge in [-0.25, -0.2) is 10.9 Å². The highest BCUT2D eigenvalue weighted by Gasteiger charge is 2.09. The Kier molecular flexibility index (Phi) is 10.8. The number of thiazole rings is 2. The molecule has 0 fully saturated rings. The first-order valence-electron chi connectivity index (χ1n) is 12.9. The number of benzene rings is 2. The second-order valence-electron chi connectivity index (χ2n) is 8.81. The third-order valence-corrected chi connectivity index (χ3v) is 8.35. The van der Waals surface area contributed by atoms with Crippen molar-refractivity contribution in [2.45, 2.75) is 52.6 Å². The number of rotatable bonds is 11. The van der Waals surface area contributed by atoms with Gasteiger partial charge in [-0.2, -0.15) is 0 Å². The summed E-state index contributed by atoms with van der Waals surface area (Å²) in [4.78, 5) is 26.1. The highest BCUT2D eigenvalue weighted by Crippen LogP contribution is 2.23. The van der Waals surface area contributed by atoms with Crippen LogP contribution in [0.5, 0.6) is 0 Å². The van der Waals surface area contributed by atoms with Gasteiger partial charge in [-0.1, -0.05) is 47.5 Å². The summed E-state index contributed by atoms with van der Waals surface area (Å²) >= 11 is 14.9. The Bertz CT molecular complexity index is 1460. The van der Waals surface area contributed by atoms with E-state index >= 15 is 0 Å². The molecule has 0 saturated carbocycles. The molecule has 12 heteroatoms. The topological polar surface area (TPSA) is 92.8 Å². The summed E-state index contributed by atoms with van der Waals surface area (Å²) in [6.45, 7) is 5.48. The molecule has 2 N–H and O–H groups in total. The number of halogens is 2. The molecule has 0 bridgehead atoms. The number of carbonyl (C=O) groups excluding carboxylic acids is 2. The lowest BCUT2D eigenvalue weighted by Gasteiger charge is -2.06. The Morgan fingerprint density at radius 1 is 0.700 bits per heavy atom. The summed E-state index contributed by atoms with van der Waals surface area (Å²) in [6, 6.07) is 15.2. The van der Waals surface area contributed by atoms with Crippen molar-refractivity contribution in [1.82, 2.24) is 20.0 Å². The largest absolute Gasteiger partial charge is 0.315 e. The van der Waals surface area contributed by atoms with E-state index in [1.807, 2.05) is 82.3 Å². The molecule has 210 valence electrons. The highest BCUT2D eigenvalue weighted by molar-refractivity contribution is 7.07. The molecule has 2 amide bonds. The summed E-state index contributed by atoms with van der Waals surface area (Å²) in [6.07, 6.45) is 1.69. The maximum absolute atomic E-state index is 12.3. The van der Waals surface area contributed by atoms with Crippen LogP contribution in [-0.4, -0.2) is 20.9 Å². The van der Waals surface area contributed by atoms with Crippen molar-refractivity contribution in [2.24, 2.45) is 10.2 Å². The summed E-state index contributed by atoms with van der Waals surface area (Å²) < 4.78 is 4.08. The Labute approximate surface area is 250 Å². The van der Waals surface area contributed by atoms with E-state index in [-0.39, 0.29) is 24.7 Å². The molecule has 2 aromatic heterocycles. The first-order chi connectivity index (χ1) is 19.4. The molecule has 4 rings (SSSR count). The Morgan fingerprint density at radius 3 is 1.43 bits per heavy atom. The predicted octanol–water partition coefficient (Wildman–Crippen LogP) is 6.22. The Morgan fingerprint density at radius 2 is 1.07 bits per heavy atom. The number of nitrogens with zero attached hydrogens (tertiary/aromatic N) is 4. The fourth-order valence-electron chi connectivity index (χ4n) is 4.05. The average molecular weight is 618 g/mol. The molecule has 0 saturated heterocycles. The van der Waals surface area contributed by atoms with Crippen LogP contribution >= 0.6 is 45.9 Å². The second-order valence-corrected chi connectivity index (χ2v) is 11.4. The molecule has 0 aliphatic carbocycles. The number of aromatic nitrogens is 2. The Balaban J connectivity index is 1.25. The zero-order valence-electron chi connectivity index (χ0n) is 22.2. The Hall–Kier alpha value is -3.18. The van der Waals surface area contributed by atoms with Crippen LogP contribution < -0.4 is 20.5 Å². The summed E-state index contributed by atoms with van der Waals surface area (Å²) in [5.41, 5.74) is 9.38. The van der Waals surface area contributed by atoms with E-state index in [1.165, 1.54) is 22.7 Å². The van der Waals surface area contributed by atoms with Crippen LogP contribution in [0.2, 0.25) is 10.0 Å². The van der Waals surface area contributed by atoms with Crippen LogP contribution in [0, 0.1) is 0 Å². The quantitative estimate of drug-likeness (QED) is 0.155. The van der Waals surface area contributed by atoms with Gasteiger partial charge >= 0.3 is 0 Å². The molecule has 40 heavy (non-hydrogen) atoms. The first kappa shape index (κ1) is 29.8. The lowest BCUT2D eigenvalue weighted by Crippen LogP contribution is -2.25. The minimum Gasteiger partial charge on any atom is -0.315 e.